The second-order valence-electron chi connectivity index (χ2n) is 13.3. The third-order valence-electron chi connectivity index (χ3n) is 9.53. The first kappa shape index (κ1) is 37.6. The standard InChI is InChI=1S/C51H53N/c1-5-7-8-11-23-42(6-2)36-38-44(43-24-16-17-25-43)29-21-33-49-41(4)35-37-46(39-47-28-18-19-32-50(47)49)40(3)22-20-34-51(45-26-12-9-13-27-45)52-48-30-14-10-15-31-48/h5,9-24,26-32,34-39,49,51-52H,1,4,6-8,25,33H2,2-3H3/b23-11-,29-21-,34-20-,37-35-,40-22+,42-36+,44-38+,46-39+. The molecule has 0 aliphatic heterocycles. The van der Waals surface area contributed by atoms with Crippen molar-refractivity contribution in [3.63, 3.8) is 0 Å². The summed E-state index contributed by atoms with van der Waals surface area (Å²) >= 11 is 0. The molecule has 0 saturated heterocycles. The molecule has 2 atom stereocenters. The molecule has 2 unspecified atom stereocenters. The van der Waals surface area contributed by atoms with E-state index in [1.54, 1.807) is 0 Å². The number of fused-ring (bicyclic) bond motifs is 1. The number of hydrogen-bond donors (Lipinski definition) is 1. The molecule has 3 aromatic rings. The van der Waals surface area contributed by atoms with Crippen molar-refractivity contribution >= 4 is 11.8 Å². The molecule has 0 heterocycles. The summed E-state index contributed by atoms with van der Waals surface area (Å²) in [7, 11) is 0. The van der Waals surface area contributed by atoms with Crippen molar-refractivity contribution in [1.82, 2.24) is 0 Å². The zero-order valence-corrected chi connectivity index (χ0v) is 30.9. The van der Waals surface area contributed by atoms with Gasteiger partial charge in [0.15, 0.2) is 0 Å². The molecule has 3 aromatic carbocycles. The molecular weight excluding hydrogens is 627 g/mol. The molecule has 0 aromatic heterocycles. The van der Waals surface area contributed by atoms with Crippen LogP contribution in [0.25, 0.3) is 6.08 Å². The Morgan fingerprint density at radius 1 is 0.865 bits per heavy atom. The Balaban J connectivity index is 1.35. The fraction of sp³-hybridized carbons (Fsp3) is 0.176. The highest BCUT2D eigenvalue weighted by Gasteiger charge is 2.18. The van der Waals surface area contributed by atoms with E-state index >= 15 is 0 Å². The largest absolute Gasteiger partial charge is 0.375 e. The molecule has 5 rings (SSSR count). The molecule has 0 radical (unpaired) electrons. The van der Waals surface area contributed by atoms with Gasteiger partial charge in [0, 0.05) is 11.6 Å². The third-order valence-corrected chi connectivity index (χ3v) is 9.53. The van der Waals surface area contributed by atoms with Crippen LogP contribution in [-0.4, -0.2) is 0 Å². The van der Waals surface area contributed by atoms with Crippen LogP contribution in [0.5, 0.6) is 0 Å². The lowest BCUT2D eigenvalue weighted by atomic mass is 9.83. The summed E-state index contributed by atoms with van der Waals surface area (Å²) in [6, 6.07) is 29.8. The predicted octanol–water partition coefficient (Wildman–Crippen LogP) is 14.3. The molecule has 0 spiro atoms. The average molecular weight is 680 g/mol. The second kappa shape index (κ2) is 20.3. The Morgan fingerprint density at radius 2 is 1.63 bits per heavy atom. The number of allylic oxidation sites excluding steroid dienone is 20. The van der Waals surface area contributed by atoms with Crippen LogP contribution in [0.15, 0.2) is 223 Å². The van der Waals surface area contributed by atoms with Crippen LogP contribution in [0.4, 0.5) is 5.69 Å². The van der Waals surface area contributed by atoms with E-state index in [4.69, 9.17) is 0 Å². The maximum absolute atomic E-state index is 4.59. The minimum Gasteiger partial charge on any atom is -0.375 e. The van der Waals surface area contributed by atoms with Crippen molar-refractivity contribution in [3.05, 3.63) is 239 Å². The van der Waals surface area contributed by atoms with Gasteiger partial charge in [-0.2, -0.15) is 0 Å². The number of nitrogens with one attached hydrogen (secondary N) is 1. The van der Waals surface area contributed by atoms with Crippen LogP contribution in [0.3, 0.4) is 0 Å². The van der Waals surface area contributed by atoms with Gasteiger partial charge in [0.25, 0.3) is 0 Å². The maximum atomic E-state index is 4.59. The SMILES string of the molecule is C=CCC\C=C/C(=C/C=C(\C=C/CC1C(=C)\C=C/C(C(/C)=C/C=C\C(Nc2ccccc2)c2ccccc2)=C\c2ccccc21)C1=CC=CC1)CC. The summed E-state index contributed by atoms with van der Waals surface area (Å²) in [6.45, 7) is 12.8. The molecule has 1 N–H and O–H groups in total. The maximum Gasteiger partial charge on any atom is 0.0701 e. The molecule has 52 heavy (non-hydrogen) atoms. The molecule has 2 aliphatic rings. The third kappa shape index (κ3) is 11.2. The summed E-state index contributed by atoms with van der Waals surface area (Å²) in [6.07, 6.45) is 40.5. The van der Waals surface area contributed by atoms with Crippen LogP contribution in [-0.2, 0) is 0 Å². The minimum atomic E-state index is 0.0503. The molecule has 0 fully saturated rings. The van der Waals surface area contributed by atoms with Crippen LogP contribution in [0.1, 0.15) is 74.6 Å². The second-order valence-corrected chi connectivity index (χ2v) is 13.3. The minimum absolute atomic E-state index is 0.0503. The van der Waals surface area contributed by atoms with Crippen molar-refractivity contribution in [2.24, 2.45) is 0 Å². The Hall–Kier alpha value is -5.66. The highest BCUT2D eigenvalue weighted by Crippen LogP contribution is 2.35. The number of para-hydroxylation sites is 1. The molecule has 1 nitrogen and oxygen atoms in total. The lowest BCUT2D eigenvalue weighted by Crippen LogP contribution is -2.07. The zero-order valence-electron chi connectivity index (χ0n) is 30.9. The predicted molar refractivity (Wildman–Crippen MR) is 228 cm³/mol. The van der Waals surface area contributed by atoms with E-state index in [0.29, 0.717) is 0 Å². The fourth-order valence-electron chi connectivity index (χ4n) is 6.43. The van der Waals surface area contributed by atoms with Crippen molar-refractivity contribution in [2.45, 2.75) is 57.9 Å². The molecule has 0 saturated carbocycles. The number of benzene rings is 3. The van der Waals surface area contributed by atoms with Gasteiger partial charge in [-0.1, -0.05) is 177 Å². The molecular formula is C51H53N. The Morgan fingerprint density at radius 3 is 2.38 bits per heavy atom. The first-order valence-electron chi connectivity index (χ1n) is 18.7. The summed E-state index contributed by atoms with van der Waals surface area (Å²) in [5.74, 6) is 0.188. The van der Waals surface area contributed by atoms with Gasteiger partial charge < -0.3 is 5.32 Å². The highest BCUT2D eigenvalue weighted by molar-refractivity contribution is 5.68. The first-order chi connectivity index (χ1) is 25.6. The quantitative estimate of drug-likeness (QED) is 0.0903. The van der Waals surface area contributed by atoms with Gasteiger partial charge in [0.1, 0.15) is 0 Å². The van der Waals surface area contributed by atoms with E-state index in [9.17, 15) is 0 Å². The molecule has 0 bridgehead atoms. The number of unbranched alkanes of at least 4 members (excludes halogenated alkanes) is 1. The molecule has 0 amide bonds. The summed E-state index contributed by atoms with van der Waals surface area (Å²) in [5.41, 5.74) is 12.3. The monoisotopic (exact) mass is 679 g/mol. The number of hydrogen-bond acceptors (Lipinski definition) is 1. The lowest BCUT2D eigenvalue weighted by molar-refractivity contribution is 0.827. The number of anilines is 1. The van der Waals surface area contributed by atoms with Crippen LogP contribution in [0.2, 0.25) is 0 Å². The lowest BCUT2D eigenvalue weighted by Gasteiger charge is -2.22. The van der Waals surface area contributed by atoms with Gasteiger partial charge in [-0.05, 0) is 107 Å². The van der Waals surface area contributed by atoms with Gasteiger partial charge in [-0.15, -0.1) is 6.58 Å². The smallest absolute Gasteiger partial charge is 0.0701 e. The van der Waals surface area contributed by atoms with Gasteiger partial charge in [0.05, 0.1) is 6.04 Å². The topological polar surface area (TPSA) is 12.0 Å². The van der Waals surface area contributed by atoms with Crippen LogP contribution in [0, 0.1) is 0 Å². The van der Waals surface area contributed by atoms with Gasteiger partial charge in [0.2, 0.25) is 0 Å². The Labute approximate surface area is 313 Å². The van der Waals surface area contributed by atoms with Gasteiger partial charge in [-0.25, -0.2) is 0 Å². The summed E-state index contributed by atoms with van der Waals surface area (Å²) < 4.78 is 0. The zero-order chi connectivity index (χ0) is 36.4. The van der Waals surface area contributed by atoms with E-state index in [-0.39, 0.29) is 12.0 Å². The molecule has 1 heteroatoms. The summed E-state index contributed by atoms with van der Waals surface area (Å²) in [4.78, 5) is 0. The Bertz CT molecular complexity index is 1960. The van der Waals surface area contributed by atoms with Crippen LogP contribution >= 0.6 is 0 Å². The van der Waals surface area contributed by atoms with Crippen molar-refractivity contribution in [2.75, 3.05) is 5.32 Å². The van der Waals surface area contributed by atoms with Crippen molar-refractivity contribution in [1.29, 1.82) is 0 Å². The van der Waals surface area contributed by atoms with Gasteiger partial charge in [-0.3, -0.25) is 0 Å². The van der Waals surface area contributed by atoms with E-state index in [0.717, 1.165) is 43.4 Å². The molecule has 262 valence electrons. The van der Waals surface area contributed by atoms with E-state index in [2.05, 4.69) is 202 Å². The Kier molecular flexibility index (Phi) is 14.6. The first-order valence-corrected chi connectivity index (χ1v) is 18.7. The number of rotatable bonds is 16. The van der Waals surface area contributed by atoms with E-state index in [1.807, 2.05) is 12.1 Å². The van der Waals surface area contributed by atoms with E-state index in [1.165, 1.54) is 44.6 Å². The van der Waals surface area contributed by atoms with Crippen molar-refractivity contribution < 1.29 is 0 Å². The highest BCUT2D eigenvalue weighted by atomic mass is 14.9. The normalized spacial score (nSPS) is 18.9. The van der Waals surface area contributed by atoms with Crippen molar-refractivity contribution in [3.8, 4) is 0 Å². The van der Waals surface area contributed by atoms with E-state index < -0.39 is 0 Å². The summed E-state index contributed by atoms with van der Waals surface area (Å²) in [5, 5.41) is 3.68. The fourth-order valence-corrected chi connectivity index (χ4v) is 6.43. The van der Waals surface area contributed by atoms with Gasteiger partial charge >= 0.3 is 0 Å². The average Bonchev–Trinajstić information content (AvgIpc) is 3.72. The van der Waals surface area contributed by atoms with Crippen LogP contribution < -0.4 is 5.32 Å². The molecule has 2 aliphatic carbocycles.